The zero-order chi connectivity index (χ0) is 22.6. The van der Waals surface area contributed by atoms with E-state index in [1.165, 1.54) is 6.20 Å². The molecule has 0 bridgehead atoms. The van der Waals surface area contributed by atoms with E-state index in [1.807, 2.05) is 24.3 Å². The van der Waals surface area contributed by atoms with Gasteiger partial charge in [0.25, 0.3) is 11.8 Å². The molecule has 1 aromatic carbocycles. The fraction of sp³-hybridized carbons (Fsp3) is 0.360. The molecule has 0 spiro atoms. The van der Waals surface area contributed by atoms with Crippen LogP contribution in [0.4, 0.5) is 5.69 Å². The number of piperidine rings is 1. The molecule has 1 aliphatic heterocycles. The van der Waals surface area contributed by atoms with Gasteiger partial charge in [0.1, 0.15) is 5.76 Å². The molecule has 1 atom stereocenters. The van der Waals surface area contributed by atoms with E-state index in [9.17, 15) is 9.59 Å². The molecule has 5 rings (SSSR count). The second-order valence-electron chi connectivity index (χ2n) is 8.75. The Morgan fingerprint density at radius 1 is 1.03 bits per heavy atom. The summed E-state index contributed by atoms with van der Waals surface area (Å²) in [7, 11) is 0. The number of anilines is 1. The maximum Gasteiger partial charge on any atom is 0.273 e. The van der Waals surface area contributed by atoms with Gasteiger partial charge in [-0.1, -0.05) is 17.3 Å². The van der Waals surface area contributed by atoms with Crippen molar-refractivity contribution in [3.05, 3.63) is 77.4 Å². The van der Waals surface area contributed by atoms with Crippen LogP contribution in [-0.4, -0.2) is 35.0 Å². The molecule has 170 valence electrons. The molecule has 33 heavy (non-hydrogen) atoms. The minimum Gasteiger partial charge on any atom is -0.360 e. The molecule has 2 amide bonds. The molecule has 1 aliphatic carbocycles. The number of amides is 2. The molecular weight excluding hydrogens is 418 g/mol. The van der Waals surface area contributed by atoms with Crippen molar-refractivity contribution in [2.75, 3.05) is 18.4 Å². The molecule has 1 saturated heterocycles. The Labute approximate surface area is 192 Å². The van der Waals surface area contributed by atoms with E-state index in [1.54, 1.807) is 24.4 Å². The molecule has 2 aromatic heterocycles. The predicted molar refractivity (Wildman–Crippen MR) is 123 cm³/mol. The van der Waals surface area contributed by atoms with Crippen LogP contribution in [0.3, 0.4) is 0 Å². The smallest absolute Gasteiger partial charge is 0.273 e. The lowest BCUT2D eigenvalue weighted by molar-refractivity contribution is 0.0904. The average molecular weight is 446 g/mol. The number of hydrogen-bond acceptors (Lipinski definition) is 6. The number of rotatable bonds is 7. The second kappa shape index (κ2) is 9.54. The van der Waals surface area contributed by atoms with E-state index in [4.69, 9.17) is 4.52 Å². The van der Waals surface area contributed by atoms with Crippen molar-refractivity contribution < 1.29 is 14.1 Å². The Kier molecular flexibility index (Phi) is 6.17. The second-order valence-corrected chi connectivity index (χ2v) is 8.75. The van der Waals surface area contributed by atoms with Gasteiger partial charge in [0.15, 0.2) is 5.69 Å². The first-order valence-corrected chi connectivity index (χ1v) is 11.5. The van der Waals surface area contributed by atoms with Gasteiger partial charge in [0.05, 0.1) is 11.6 Å². The van der Waals surface area contributed by atoms with Crippen molar-refractivity contribution in [1.82, 2.24) is 20.8 Å². The van der Waals surface area contributed by atoms with Crippen LogP contribution in [0.5, 0.6) is 0 Å². The monoisotopic (exact) mass is 445 g/mol. The quantitative estimate of drug-likeness (QED) is 0.512. The third kappa shape index (κ3) is 5.12. The fourth-order valence-electron chi connectivity index (χ4n) is 4.33. The summed E-state index contributed by atoms with van der Waals surface area (Å²) < 4.78 is 5.37. The molecule has 1 unspecified atom stereocenters. The molecule has 0 radical (unpaired) electrons. The van der Waals surface area contributed by atoms with Crippen LogP contribution < -0.4 is 16.0 Å². The van der Waals surface area contributed by atoms with Crippen molar-refractivity contribution in [2.24, 2.45) is 5.92 Å². The molecule has 2 fully saturated rings. The van der Waals surface area contributed by atoms with E-state index < -0.39 is 0 Å². The standard InChI is InChI=1S/C25H27N5O3/c31-24(19-4-2-10-27-15-19)28-20-5-1-3-18(13-20)23(17-8-11-26-12-9-17)29-25(32)21-14-22(33-30-21)16-6-7-16/h1-5,10,13-17,23,26H,6-9,11-12H2,(H,28,31)(H,29,32). The molecule has 3 N–H and O–H groups in total. The molecule has 1 saturated carbocycles. The topological polar surface area (TPSA) is 109 Å². The van der Waals surface area contributed by atoms with E-state index in [0.29, 0.717) is 22.9 Å². The summed E-state index contributed by atoms with van der Waals surface area (Å²) >= 11 is 0. The van der Waals surface area contributed by atoms with E-state index in [-0.39, 0.29) is 23.8 Å². The van der Waals surface area contributed by atoms with Crippen molar-refractivity contribution in [1.29, 1.82) is 0 Å². The Hall–Kier alpha value is -3.52. The van der Waals surface area contributed by atoms with Gasteiger partial charge in [-0.25, -0.2) is 0 Å². The van der Waals surface area contributed by atoms with Gasteiger partial charge in [-0.15, -0.1) is 0 Å². The first-order valence-electron chi connectivity index (χ1n) is 11.5. The number of nitrogens with one attached hydrogen (secondary N) is 3. The minimum atomic E-state index is -0.237. The summed E-state index contributed by atoms with van der Waals surface area (Å²) in [6, 6.07) is 12.7. The average Bonchev–Trinajstić information content (AvgIpc) is 3.59. The number of carbonyl (C=O) groups excluding carboxylic acids is 2. The largest absolute Gasteiger partial charge is 0.360 e. The highest BCUT2D eigenvalue weighted by molar-refractivity contribution is 6.04. The molecule has 8 heteroatoms. The number of pyridine rings is 1. The fourth-order valence-corrected chi connectivity index (χ4v) is 4.33. The van der Waals surface area contributed by atoms with E-state index in [2.05, 4.69) is 26.1 Å². The van der Waals surface area contributed by atoms with E-state index >= 15 is 0 Å². The Morgan fingerprint density at radius 2 is 1.88 bits per heavy atom. The summed E-state index contributed by atoms with van der Waals surface area (Å²) in [6.45, 7) is 1.81. The highest BCUT2D eigenvalue weighted by atomic mass is 16.5. The third-order valence-electron chi connectivity index (χ3n) is 6.31. The van der Waals surface area contributed by atoms with Gasteiger partial charge < -0.3 is 20.5 Å². The first-order chi connectivity index (χ1) is 16.2. The van der Waals surface area contributed by atoms with Gasteiger partial charge in [0.2, 0.25) is 0 Å². The zero-order valence-electron chi connectivity index (χ0n) is 18.3. The summed E-state index contributed by atoms with van der Waals surface area (Å²) in [6.07, 6.45) is 7.24. The summed E-state index contributed by atoms with van der Waals surface area (Å²) in [5, 5.41) is 13.5. The first kappa shape index (κ1) is 21.3. The highest BCUT2D eigenvalue weighted by Crippen LogP contribution is 2.40. The van der Waals surface area contributed by atoms with Gasteiger partial charge in [-0.2, -0.15) is 0 Å². The van der Waals surface area contributed by atoms with Crippen LogP contribution in [0, 0.1) is 5.92 Å². The summed E-state index contributed by atoms with van der Waals surface area (Å²) in [5.74, 6) is 1.00. The Balaban J connectivity index is 1.36. The summed E-state index contributed by atoms with van der Waals surface area (Å²) in [5.41, 5.74) is 2.43. The Morgan fingerprint density at radius 3 is 2.64 bits per heavy atom. The van der Waals surface area contributed by atoms with Crippen LogP contribution in [-0.2, 0) is 0 Å². The van der Waals surface area contributed by atoms with Crippen molar-refractivity contribution >= 4 is 17.5 Å². The molecule has 8 nitrogen and oxygen atoms in total. The van der Waals surface area contributed by atoms with Crippen LogP contribution in [0.1, 0.15) is 69.8 Å². The lowest BCUT2D eigenvalue weighted by Crippen LogP contribution is -2.39. The number of carbonyl (C=O) groups is 2. The third-order valence-corrected chi connectivity index (χ3v) is 6.31. The lowest BCUT2D eigenvalue weighted by Gasteiger charge is -2.31. The number of benzene rings is 1. The van der Waals surface area contributed by atoms with Gasteiger partial charge >= 0.3 is 0 Å². The van der Waals surface area contributed by atoms with Crippen molar-refractivity contribution in [3.63, 3.8) is 0 Å². The van der Waals surface area contributed by atoms with Crippen LogP contribution >= 0.6 is 0 Å². The maximum absolute atomic E-state index is 13.0. The molecule has 3 aromatic rings. The van der Waals surface area contributed by atoms with Gasteiger partial charge in [0, 0.05) is 30.1 Å². The number of hydrogen-bond donors (Lipinski definition) is 3. The van der Waals surface area contributed by atoms with Crippen LogP contribution in [0.15, 0.2) is 59.4 Å². The number of nitrogens with zero attached hydrogens (tertiary/aromatic N) is 2. The highest BCUT2D eigenvalue weighted by Gasteiger charge is 2.31. The normalized spacial score (nSPS) is 17.3. The SMILES string of the molecule is O=C(Nc1cccc(C(NC(=O)c2cc(C3CC3)on2)C2CCNCC2)c1)c1cccnc1. The minimum absolute atomic E-state index is 0.198. The van der Waals surface area contributed by atoms with Gasteiger partial charge in [-0.05, 0) is 74.5 Å². The van der Waals surface area contributed by atoms with Crippen LogP contribution in [0.2, 0.25) is 0 Å². The maximum atomic E-state index is 13.0. The zero-order valence-corrected chi connectivity index (χ0v) is 18.3. The summed E-state index contributed by atoms with van der Waals surface area (Å²) in [4.78, 5) is 29.6. The van der Waals surface area contributed by atoms with Gasteiger partial charge in [-0.3, -0.25) is 14.6 Å². The Bertz CT molecular complexity index is 1120. The molecule has 2 aliphatic rings. The van der Waals surface area contributed by atoms with Crippen molar-refractivity contribution in [3.8, 4) is 0 Å². The predicted octanol–water partition coefficient (Wildman–Crippen LogP) is 3.67. The lowest BCUT2D eigenvalue weighted by atomic mass is 9.85. The van der Waals surface area contributed by atoms with Crippen LogP contribution in [0.25, 0.3) is 0 Å². The molecule has 3 heterocycles. The van der Waals surface area contributed by atoms with Crippen molar-refractivity contribution in [2.45, 2.75) is 37.6 Å². The number of aromatic nitrogens is 2. The molecular formula is C25H27N5O3. The van der Waals surface area contributed by atoms with E-state index in [0.717, 1.165) is 50.1 Å².